The van der Waals surface area contributed by atoms with Crippen LogP contribution in [0.2, 0.25) is 0 Å². The molecule has 0 saturated carbocycles. The van der Waals surface area contributed by atoms with Gasteiger partial charge in [-0.05, 0) is 33.3 Å². The van der Waals surface area contributed by atoms with E-state index in [-0.39, 0.29) is 18.9 Å². The van der Waals surface area contributed by atoms with Crippen LogP contribution in [-0.2, 0) is 11.3 Å². The average molecular weight is 305 g/mol. The molecule has 0 N–H and O–H groups in total. The van der Waals surface area contributed by atoms with Gasteiger partial charge >= 0.3 is 5.97 Å². The maximum Gasteiger partial charge on any atom is 0.355 e. The van der Waals surface area contributed by atoms with Crippen LogP contribution in [0.1, 0.15) is 52.4 Å². The third-order valence-corrected chi connectivity index (χ3v) is 3.67. The van der Waals surface area contributed by atoms with Crippen molar-refractivity contribution in [1.29, 1.82) is 5.26 Å². The lowest BCUT2D eigenvalue weighted by molar-refractivity contribution is 0.0512. The number of hydrogen-bond donors (Lipinski definition) is 0. The quantitative estimate of drug-likeness (QED) is 0.756. The molecule has 0 spiro atoms. The number of carbonyl (C=O) groups excluding carboxylic acids is 2. The Morgan fingerprint density at radius 1 is 1.32 bits per heavy atom. The van der Waals surface area contributed by atoms with Crippen LogP contribution in [-0.4, -0.2) is 41.5 Å². The van der Waals surface area contributed by atoms with Crippen LogP contribution in [0.25, 0.3) is 0 Å². The summed E-state index contributed by atoms with van der Waals surface area (Å²) in [5, 5.41) is 8.64. The summed E-state index contributed by atoms with van der Waals surface area (Å²) in [7, 11) is 1.66. The van der Waals surface area contributed by atoms with Crippen LogP contribution in [0.4, 0.5) is 0 Å². The molecule has 1 amide bonds. The Morgan fingerprint density at radius 2 is 1.95 bits per heavy atom. The number of amides is 1. The van der Waals surface area contributed by atoms with Crippen LogP contribution < -0.4 is 0 Å². The van der Waals surface area contributed by atoms with Crippen molar-refractivity contribution in [3.05, 3.63) is 22.5 Å². The molecule has 0 radical (unpaired) electrons. The van der Waals surface area contributed by atoms with E-state index in [4.69, 9.17) is 10.00 Å². The van der Waals surface area contributed by atoms with Crippen LogP contribution >= 0.6 is 0 Å². The van der Waals surface area contributed by atoms with Gasteiger partial charge in [0.15, 0.2) is 0 Å². The molecule has 0 fully saturated rings. The topological polar surface area (TPSA) is 75.3 Å². The van der Waals surface area contributed by atoms with Gasteiger partial charge < -0.3 is 14.2 Å². The number of esters is 1. The first-order valence-electron chi connectivity index (χ1n) is 7.39. The van der Waals surface area contributed by atoms with E-state index in [0.29, 0.717) is 29.9 Å². The van der Waals surface area contributed by atoms with E-state index >= 15 is 0 Å². The molecule has 0 saturated heterocycles. The normalized spacial score (nSPS) is 10.2. The molecule has 1 rings (SSSR count). The Balaban J connectivity index is 3.30. The molecule has 6 heteroatoms. The molecule has 120 valence electrons. The second kappa shape index (κ2) is 7.64. The maximum absolute atomic E-state index is 12.6. The first-order chi connectivity index (χ1) is 10.4. The standard InChI is InChI=1S/C16H23N3O3/c1-6-19-12(4)13(15(20)18(5)10-8-9-17)11(3)14(19)16(21)22-7-2/h6-8,10H2,1-5H3. The van der Waals surface area contributed by atoms with Gasteiger partial charge in [-0.15, -0.1) is 0 Å². The highest BCUT2D eigenvalue weighted by atomic mass is 16.5. The number of ether oxygens (including phenoxy) is 1. The zero-order valence-electron chi connectivity index (χ0n) is 13.9. The first-order valence-corrected chi connectivity index (χ1v) is 7.39. The molecular weight excluding hydrogens is 282 g/mol. The highest BCUT2D eigenvalue weighted by molar-refractivity contribution is 6.01. The van der Waals surface area contributed by atoms with Gasteiger partial charge in [-0.25, -0.2) is 4.79 Å². The van der Waals surface area contributed by atoms with E-state index in [1.807, 2.05) is 19.9 Å². The van der Waals surface area contributed by atoms with E-state index in [9.17, 15) is 9.59 Å². The summed E-state index contributed by atoms with van der Waals surface area (Å²) in [6, 6.07) is 2.02. The summed E-state index contributed by atoms with van der Waals surface area (Å²) in [5.74, 6) is -0.591. The molecule has 22 heavy (non-hydrogen) atoms. The van der Waals surface area contributed by atoms with Gasteiger partial charge in [-0.1, -0.05) is 0 Å². The number of rotatable bonds is 6. The number of carbonyl (C=O) groups is 2. The van der Waals surface area contributed by atoms with Crippen LogP contribution in [0, 0.1) is 25.2 Å². The largest absolute Gasteiger partial charge is 0.461 e. The third kappa shape index (κ3) is 3.30. The van der Waals surface area contributed by atoms with E-state index in [1.165, 1.54) is 4.90 Å². The lowest BCUT2D eigenvalue weighted by atomic mass is 10.1. The smallest absolute Gasteiger partial charge is 0.355 e. The molecule has 0 atom stereocenters. The molecule has 1 aromatic heterocycles. The van der Waals surface area contributed by atoms with E-state index < -0.39 is 5.97 Å². The van der Waals surface area contributed by atoms with Gasteiger partial charge in [0, 0.05) is 25.8 Å². The minimum Gasteiger partial charge on any atom is -0.461 e. The van der Waals surface area contributed by atoms with Crippen LogP contribution in [0.5, 0.6) is 0 Å². The number of nitriles is 1. The minimum atomic E-state index is -0.413. The summed E-state index contributed by atoms with van der Waals surface area (Å²) < 4.78 is 6.90. The summed E-state index contributed by atoms with van der Waals surface area (Å²) in [6.45, 7) is 8.49. The van der Waals surface area contributed by atoms with Crippen molar-refractivity contribution in [3.8, 4) is 6.07 Å². The molecule has 0 unspecified atom stereocenters. The fourth-order valence-electron chi connectivity index (χ4n) is 2.58. The Hall–Kier alpha value is -2.29. The molecule has 6 nitrogen and oxygen atoms in total. The van der Waals surface area contributed by atoms with Crippen molar-refractivity contribution < 1.29 is 14.3 Å². The molecule has 1 aromatic rings. The highest BCUT2D eigenvalue weighted by Gasteiger charge is 2.27. The second-order valence-electron chi connectivity index (χ2n) is 5.03. The molecule has 0 aliphatic carbocycles. The van der Waals surface area contributed by atoms with Gasteiger partial charge in [0.05, 0.1) is 24.7 Å². The summed E-state index contributed by atoms with van der Waals surface area (Å²) in [5.41, 5.74) is 2.33. The Morgan fingerprint density at radius 3 is 2.45 bits per heavy atom. The minimum absolute atomic E-state index is 0.178. The van der Waals surface area contributed by atoms with Gasteiger partial charge in [-0.2, -0.15) is 5.26 Å². The van der Waals surface area contributed by atoms with Crippen molar-refractivity contribution in [2.24, 2.45) is 0 Å². The summed E-state index contributed by atoms with van der Waals surface area (Å²) in [4.78, 5) is 26.3. The lowest BCUT2D eigenvalue weighted by Gasteiger charge is -2.16. The fourth-order valence-corrected chi connectivity index (χ4v) is 2.58. The third-order valence-electron chi connectivity index (χ3n) is 3.67. The number of nitrogens with zero attached hydrogens (tertiary/aromatic N) is 3. The van der Waals surface area contributed by atoms with Crippen molar-refractivity contribution in [1.82, 2.24) is 9.47 Å². The predicted octanol–water partition coefficient (Wildman–Crippen LogP) is 2.29. The maximum atomic E-state index is 12.6. The number of hydrogen-bond acceptors (Lipinski definition) is 4. The van der Waals surface area contributed by atoms with Gasteiger partial charge in [0.1, 0.15) is 5.69 Å². The average Bonchev–Trinajstić information content (AvgIpc) is 2.74. The van der Waals surface area contributed by atoms with Crippen molar-refractivity contribution >= 4 is 11.9 Å². The summed E-state index contributed by atoms with van der Waals surface area (Å²) >= 11 is 0. The monoisotopic (exact) mass is 305 g/mol. The van der Waals surface area contributed by atoms with Gasteiger partial charge in [-0.3, -0.25) is 4.79 Å². The van der Waals surface area contributed by atoms with Crippen LogP contribution in [0.3, 0.4) is 0 Å². The van der Waals surface area contributed by atoms with Crippen LogP contribution in [0.15, 0.2) is 0 Å². The number of aromatic nitrogens is 1. The molecular formula is C16H23N3O3. The zero-order chi connectivity index (χ0) is 16.9. The molecule has 0 bridgehead atoms. The Labute approximate surface area is 131 Å². The molecule has 0 aromatic carbocycles. The molecule has 0 aliphatic heterocycles. The molecule has 0 aliphatic rings. The predicted molar refractivity (Wildman–Crippen MR) is 82.7 cm³/mol. The fraction of sp³-hybridized carbons (Fsp3) is 0.562. The zero-order valence-corrected chi connectivity index (χ0v) is 13.9. The van der Waals surface area contributed by atoms with Gasteiger partial charge in [0.25, 0.3) is 5.91 Å². The molecule has 1 heterocycles. The SMILES string of the molecule is CCOC(=O)c1c(C)c(C(=O)N(C)CCC#N)c(C)n1CC. The van der Waals surface area contributed by atoms with E-state index in [0.717, 1.165) is 5.69 Å². The Bertz CT molecular complexity index is 611. The highest BCUT2D eigenvalue weighted by Crippen LogP contribution is 2.24. The lowest BCUT2D eigenvalue weighted by Crippen LogP contribution is -2.28. The van der Waals surface area contributed by atoms with E-state index in [2.05, 4.69) is 0 Å². The Kier molecular flexibility index (Phi) is 6.17. The first kappa shape index (κ1) is 17.8. The van der Waals surface area contributed by atoms with Crippen molar-refractivity contribution in [3.63, 3.8) is 0 Å². The second-order valence-corrected chi connectivity index (χ2v) is 5.03. The van der Waals surface area contributed by atoms with E-state index in [1.54, 1.807) is 25.5 Å². The van der Waals surface area contributed by atoms with Crippen molar-refractivity contribution in [2.45, 2.75) is 40.7 Å². The summed E-state index contributed by atoms with van der Waals surface area (Å²) in [6.07, 6.45) is 0.277. The van der Waals surface area contributed by atoms with Crippen molar-refractivity contribution in [2.75, 3.05) is 20.2 Å². The van der Waals surface area contributed by atoms with Gasteiger partial charge in [0.2, 0.25) is 0 Å².